The predicted octanol–water partition coefficient (Wildman–Crippen LogP) is 2.99. The maximum atomic E-state index is 13.6. The van der Waals surface area contributed by atoms with E-state index >= 15 is 0 Å². The molecule has 1 aromatic rings. The highest BCUT2D eigenvalue weighted by molar-refractivity contribution is 6.30. The van der Waals surface area contributed by atoms with Gasteiger partial charge in [-0.2, -0.15) is 13.2 Å². The molecule has 114 valence electrons. The van der Waals surface area contributed by atoms with Gasteiger partial charge in [-0.15, -0.1) is 0 Å². The highest BCUT2D eigenvalue weighted by Gasteiger charge is 2.70. The van der Waals surface area contributed by atoms with E-state index < -0.39 is 24.0 Å². The number of fused-ring (bicyclic) bond motifs is 1. The Kier molecular flexibility index (Phi) is 3.29. The summed E-state index contributed by atoms with van der Waals surface area (Å²) in [5, 5.41) is 2.73. The van der Waals surface area contributed by atoms with Gasteiger partial charge in [-0.25, -0.2) is 4.90 Å². The molecule has 8 heteroatoms. The standard InChI is InChI=1S/C13H12ClF3N2O2/c14-8-3-5-9(6-4-8)18-13(12(15,16)17)19-7-1-2-10(19)11(20)21-13/h3-6,10,18H,1-2,7H2/t10-,13?/m1/s1. The van der Waals surface area contributed by atoms with Crippen LogP contribution < -0.4 is 5.32 Å². The quantitative estimate of drug-likeness (QED) is 0.851. The third-order valence-electron chi connectivity index (χ3n) is 3.72. The predicted molar refractivity (Wildman–Crippen MR) is 69.7 cm³/mol. The second-order valence-electron chi connectivity index (χ2n) is 5.05. The summed E-state index contributed by atoms with van der Waals surface area (Å²) in [7, 11) is 0. The fourth-order valence-corrected chi connectivity index (χ4v) is 2.90. The Bertz CT molecular complexity index is 564. The summed E-state index contributed by atoms with van der Waals surface area (Å²) < 4.78 is 45.5. The number of rotatable bonds is 2. The third-order valence-corrected chi connectivity index (χ3v) is 3.97. The highest BCUT2D eigenvalue weighted by atomic mass is 35.5. The number of alkyl halides is 3. The monoisotopic (exact) mass is 320 g/mol. The van der Waals surface area contributed by atoms with Crippen LogP contribution in [0.1, 0.15) is 12.8 Å². The summed E-state index contributed by atoms with van der Waals surface area (Å²) in [4.78, 5) is 12.8. The minimum atomic E-state index is -4.76. The smallest absolute Gasteiger partial charge is 0.414 e. The van der Waals surface area contributed by atoms with Gasteiger partial charge in [-0.05, 0) is 37.1 Å². The first-order valence-electron chi connectivity index (χ1n) is 6.43. The lowest BCUT2D eigenvalue weighted by atomic mass is 10.2. The number of benzene rings is 1. The van der Waals surface area contributed by atoms with Crippen LogP contribution in [0.5, 0.6) is 0 Å². The minimum Gasteiger partial charge on any atom is -0.414 e. The maximum Gasteiger partial charge on any atom is 0.465 e. The molecule has 0 bridgehead atoms. The summed E-state index contributed by atoms with van der Waals surface area (Å²) >= 11 is 5.72. The first-order chi connectivity index (χ1) is 9.83. The van der Waals surface area contributed by atoms with Crippen molar-refractivity contribution < 1.29 is 22.7 Å². The van der Waals surface area contributed by atoms with E-state index in [1.54, 1.807) is 0 Å². The molecule has 2 saturated heterocycles. The number of cyclic esters (lactones) is 1. The van der Waals surface area contributed by atoms with Crippen LogP contribution in [-0.2, 0) is 9.53 Å². The molecule has 2 heterocycles. The average Bonchev–Trinajstić information content (AvgIpc) is 2.96. The van der Waals surface area contributed by atoms with Crippen LogP contribution in [0, 0.1) is 0 Å². The second kappa shape index (κ2) is 4.78. The number of ether oxygens (including phenoxy) is 1. The summed E-state index contributed by atoms with van der Waals surface area (Å²) in [5.41, 5.74) is 0.178. The third kappa shape index (κ3) is 2.24. The van der Waals surface area contributed by atoms with E-state index in [0.29, 0.717) is 17.9 Å². The van der Waals surface area contributed by atoms with Gasteiger partial charge in [0.25, 0.3) is 0 Å². The van der Waals surface area contributed by atoms with Gasteiger partial charge in [-0.3, -0.25) is 4.79 Å². The first-order valence-corrected chi connectivity index (χ1v) is 6.81. The SMILES string of the molecule is O=C1OC(Nc2ccc(Cl)cc2)(C(F)(F)F)N2CCC[C@H]12. The van der Waals surface area contributed by atoms with Crippen molar-refractivity contribution in [2.24, 2.45) is 0 Å². The van der Waals surface area contributed by atoms with E-state index in [-0.39, 0.29) is 12.2 Å². The van der Waals surface area contributed by atoms with Crippen LogP contribution in [-0.4, -0.2) is 35.5 Å². The number of hydrogen-bond donors (Lipinski definition) is 1. The van der Waals surface area contributed by atoms with Gasteiger partial charge >= 0.3 is 18.0 Å². The van der Waals surface area contributed by atoms with Crippen molar-refractivity contribution in [1.82, 2.24) is 4.90 Å². The fraction of sp³-hybridized carbons (Fsp3) is 0.462. The van der Waals surface area contributed by atoms with Gasteiger partial charge in [0, 0.05) is 17.3 Å². The van der Waals surface area contributed by atoms with Crippen molar-refractivity contribution in [2.75, 3.05) is 11.9 Å². The van der Waals surface area contributed by atoms with E-state index in [4.69, 9.17) is 16.3 Å². The molecule has 0 spiro atoms. The van der Waals surface area contributed by atoms with Crippen LogP contribution in [0.15, 0.2) is 24.3 Å². The topological polar surface area (TPSA) is 41.6 Å². The summed E-state index contributed by atoms with van der Waals surface area (Å²) in [5.74, 6) is -3.65. The van der Waals surface area contributed by atoms with Crippen LogP contribution in [0.2, 0.25) is 5.02 Å². The Morgan fingerprint density at radius 3 is 2.62 bits per heavy atom. The molecule has 0 amide bonds. The summed E-state index contributed by atoms with van der Waals surface area (Å²) in [6.45, 7) is 0.149. The van der Waals surface area contributed by atoms with Crippen LogP contribution in [0.3, 0.4) is 0 Å². The Morgan fingerprint density at radius 1 is 1.33 bits per heavy atom. The molecule has 0 aliphatic carbocycles. The Labute approximate surface area is 123 Å². The van der Waals surface area contributed by atoms with Crippen molar-refractivity contribution in [1.29, 1.82) is 0 Å². The zero-order chi connectivity index (χ0) is 15.3. The first kappa shape index (κ1) is 14.5. The van der Waals surface area contributed by atoms with E-state index in [9.17, 15) is 18.0 Å². The average molecular weight is 321 g/mol. The molecule has 3 rings (SSSR count). The van der Waals surface area contributed by atoms with E-state index in [1.807, 2.05) is 0 Å². The molecule has 21 heavy (non-hydrogen) atoms. The Hall–Kier alpha value is -1.47. The largest absolute Gasteiger partial charge is 0.465 e. The van der Waals surface area contributed by atoms with Gasteiger partial charge in [0.15, 0.2) is 0 Å². The number of nitrogens with zero attached hydrogens (tertiary/aromatic N) is 1. The normalized spacial score (nSPS) is 29.3. The number of nitrogens with one attached hydrogen (secondary N) is 1. The summed E-state index contributed by atoms with van der Waals surface area (Å²) in [6.07, 6.45) is -3.86. The molecular weight excluding hydrogens is 309 g/mol. The number of halogens is 4. The zero-order valence-corrected chi connectivity index (χ0v) is 11.5. The van der Waals surface area contributed by atoms with E-state index in [1.165, 1.54) is 24.3 Å². The molecule has 2 aliphatic heterocycles. The van der Waals surface area contributed by atoms with Gasteiger partial charge in [0.05, 0.1) is 0 Å². The molecule has 0 radical (unpaired) electrons. The van der Waals surface area contributed by atoms with Crippen molar-refractivity contribution in [2.45, 2.75) is 30.9 Å². The highest BCUT2D eigenvalue weighted by Crippen LogP contribution is 2.45. The second-order valence-corrected chi connectivity index (χ2v) is 5.48. The molecule has 1 N–H and O–H groups in total. The maximum absolute atomic E-state index is 13.6. The number of hydrogen-bond acceptors (Lipinski definition) is 4. The number of carbonyl (C=O) groups is 1. The van der Waals surface area contributed by atoms with Gasteiger partial charge in [-0.1, -0.05) is 11.6 Å². The lowest BCUT2D eigenvalue weighted by Crippen LogP contribution is -2.62. The molecule has 4 nitrogen and oxygen atoms in total. The van der Waals surface area contributed by atoms with Gasteiger partial charge in [0.1, 0.15) is 6.04 Å². The van der Waals surface area contributed by atoms with Crippen LogP contribution in [0.4, 0.5) is 18.9 Å². The van der Waals surface area contributed by atoms with Crippen LogP contribution in [0.25, 0.3) is 0 Å². The Morgan fingerprint density at radius 2 is 2.00 bits per heavy atom. The molecule has 1 unspecified atom stereocenters. The van der Waals surface area contributed by atoms with Crippen LogP contribution >= 0.6 is 11.6 Å². The molecule has 0 saturated carbocycles. The molecular formula is C13H12ClF3N2O2. The van der Waals surface area contributed by atoms with Gasteiger partial charge < -0.3 is 10.1 Å². The lowest BCUT2D eigenvalue weighted by molar-refractivity contribution is -0.286. The summed E-state index contributed by atoms with van der Waals surface area (Å²) in [6, 6.07) is 4.91. The molecule has 2 aliphatic rings. The van der Waals surface area contributed by atoms with E-state index in [2.05, 4.69) is 5.32 Å². The Balaban J connectivity index is 1.98. The molecule has 2 atom stereocenters. The molecule has 0 aromatic heterocycles. The number of esters is 1. The molecule has 1 aromatic carbocycles. The van der Waals surface area contributed by atoms with Crippen molar-refractivity contribution in [3.05, 3.63) is 29.3 Å². The fourth-order valence-electron chi connectivity index (χ4n) is 2.78. The van der Waals surface area contributed by atoms with Crippen molar-refractivity contribution in [3.8, 4) is 0 Å². The minimum absolute atomic E-state index is 0.149. The lowest BCUT2D eigenvalue weighted by Gasteiger charge is -2.37. The van der Waals surface area contributed by atoms with E-state index in [0.717, 1.165) is 4.90 Å². The molecule has 2 fully saturated rings. The van der Waals surface area contributed by atoms with Crippen molar-refractivity contribution >= 4 is 23.3 Å². The van der Waals surface area contributed by atoms with Gasteiger partial charge in [0.2, 0.25) is 0 Å². The zero-order valence-electron chi connectivity index (χ0n) is 10.8. The number of carbonyl (C=O) groups excluding carboxylic acids is 1. The number of anilines is 1. The van der Waals surface area contributed by atoms with Crippen molar-refractivity contribution in [3.63, 3.8) is 0 Å².